The minimum atomic E-state index is -1.48. The van der Waals surface area contributed by atoms with E-state index in [2.05, 4.69) is 15.2 Å². The minimum absolute atomic E-state index is 0.372. The summed E-state index contributed by atoms with van der Waals surface area (Å²) in [6, 6.07) is 1.66. The molecule has 0 aromatic carbocycles. The maximum atomic E-state index is 8.90. The van der Waals surface area contributed by atoms with Gasteiger partial charge in [0.15, 0.2) is 5.65 Å². The highest BCUT2D eigenvalue weighted by Crippen LogP contribution is 2.09. The normalized spacial score (nSPS) is 10.7. The highest BCUT2D eigenvalue weighted by atomic mass is 16.4. The zero-order chi connectivity index (χ0) is 9.42. The van der Waals surface area contributed by atoms with Gasteiger partial charge in [0.25, 0.3) is 0 Å². The molecule has 2 heterocycles. The topological polar surface area (TPSA) is 82.0 Å². The third-order valence-corrected chi connectivity index (χ3v) is 1.92. The number of H-pyrrole nitrogens is 1. The molecule has 0 saturated heterocycles. The summed E-state index contributed by atoms with van der Waals surface area (Å²) in [4.78, 5) is 3.96. The zero-order valence-electron chi connectivity index (χ0n) is 7.02. The van der Waals surface area contributed by atoms with E-state index in [1.807, 2.05) is 6.92 Å². The van der Waals surface area contributed by atoms with E-state index in [1.54, 1.807) is 6.07 Å². The van der Waals surface area contributed by atoms with Crippen LogP contribution < -0.4 is 5.46 Å². The molecule has 0 aliphatic carbocycles. The fraction of sp³-hybridized carbons (Fsp3) is 0.143. The van der Waals surface area contributed by atoms with Crippen molar-refractivity contribution in [1.82, 2.24) is 15.2 Å². The second kappa shape index (κ2) is 2.83. The monoisotopic (exact) mass is 177 g/mol. The van der Waals surface area contributed by atoms with Crippen LogP contribution in [-0.2, 0) is 0 Å². The van der Waals surface area contributed by atoms with Crippen molar-refractivity contribution in [2.45, 2.75) is 6.92 Å². The van der Waals surface area contributed by atoms with Crippen LogP contribution in [0.1, 0.15) is 5.69 Å². The second-order valence-corrected chi connectivity index (χ2v) is 2.86. The molecule has 0 radical (unpaired) electrons. The van der Waals surface area contributed by atoms with Gasteiger partial charge in [0.05, 0.1) is 0 Å². The second-order valence-electron chi connectivity index (χ2n) is 2.86. The minimum Gasteiger partial charge on any atom is -0.423 e. The van der Waals surface area contributed by atoms with Gasteiger partial charge in [0, 0.05) is 22.7 Å². The number of aryl methyl sites for hydroxylation is 1. The lowest BCUT2D eigenvalue weighted by Gasteiger charge is -1.97. The Balaban J connectivity index is 2.66. The Morgan fingerprint density at radius 2 is 2.23 bits per heavy atom. The smallest absolute Gasteiger partial charge is 0.423 e. The Morgan fingerprint density at radius 1 is 1.46 bits per heavy atom. The molecule has 0 amide bonds. The van der Waals surface area contributed by atoms with Crippen LogP contribution in [0, 0.1) is 6.92 Å². The summed E-state index contributed by atoms with van der Waals surface area (Å²) in [5, 5.41) is 25.3. The number of aromatic amines is 1. The highest BCUT2D eigenvalue weighted by Gasteiger charge is 2.13. The summed E-state index contributed by atoms with van der Waals surface area (Å²) in [5.74, 6) is 0. The summed E-state index contributed by atoms with van der Waals surface area (Å²) >= 11 is 0. The molecule has 0 aliphatic rings. The van der Waals surface area contributed by atoms with Crippen LogP contribution in [0.5, 0.6) is 0 Å². The number of pyridine rings is 1. The third kappa shape index (κ3) is 1.30. The van der Waals surface area contributed by atoms with Crippen molar-refractivity contribution in [1.29, 1.82) is 0 Å². The molecular weight excluding hydrogens is 169 g/mol. The zero-order valence-corrected chi connectivity index (χ0v) is 7.02. The molecule has 6 heteroatoms. The summed E-state index contributed by atoms with van der Waals surface area (Å²) < 4.78 is 0. The fourth-order valence-electron chi connectivity index (χ4n) is 1.18. The number of rotatable bonds is 1. The van der Waals surface area contributed by atoms with Crippen molar-refractivity contribution in [3.63, 3.8) is 0 Å². The van der Waals surface area contributed by atoms with Gasteiger partial charge >= 0.3 is 7.12 Å². The van der Waals surface area contributed by atoms with Gasteiger partial charge < -0.3 is 10.0 Å². The largest absolute Gasteiger partial charge is 0.490 e. The fourth-order valence-corrected chi connectivity index (χ4v) is 1.18. The van der Waals surface area contributed by atoms with Gasteiger partial charge in [-0.15, -0.1) is 0 Å². The van der Waals surface area contributed by atoms with Crippen LogP contribution in [0.3, 0.4) is 0 Å². The first-order valence-corrected chi connectivity index (χ1v) is 3.85. The van der Waals surface area contributed by atoms with Crippen molar-refractivity contribution >= 4 is 23.6 Å². The number of hydrogen-bond acceptors (Lipinski definition) is 4. The molecule has 0 aliphatic heterocycles. The highest BCUT2D eigenvalue weighted by molar-refractivity contribution is 6.58. The van der Waals surface area contributed by atoms with Crippen LogP contribution in [0.2, 0.25) is 0 Å². The predicted molar refractivity (Wildman–Crippen MR) is 48.5 cm³/mol. The molecule has 2 aromatic heterocycles. The third-order valence-electron chi connectivity index (χ3n) is 1.92. The molecule has 66 valence electrons. The molecule has 2 aromatic rings. The van der Waals surface area contributed by atoms with Crippen molar-refractivity contribution in [2.75, 3.05) is 0 Å². The molecule has 0 bridgehead atoms. The molecular formula is C7H8BN3O2. The number of nitrogens with one attached hydrogen (secondary N) is 1. The lowest BCUT2D eigenvalue weighted by Crippen LogP contribution is -2.29. The molecule has 0 saturated carbocycles. The lowest BCUT2D eigenvalue weighted by molar-refractivity contribution is 0.425. The Labute approximate surface area is 74.6 Å². The number of nitrogens with zero attached hydrogens (tertiary/aromatic N) is 2. The van der Waals surface area contributed by atoms with Crippen molar-refractivity contribution < 1.29 is 10.0 Å². The quantitative estimate of drug-likeness (QED) is 0.485. The van der Waals surface area contributed by atoms with Gasteiger partial charge in [-0.25, -0.2) is 4.98 Å². The molecule has 3 N–H and O–H groups in total. The first-order chi connectivity index (χ1) is 6.18. The van der Waals surface area contributed by atoms with Crippen molar-refractivity contribution in [3.8, 4) is 0 Å². The van der Waals surface area contributed by atoms with Gasteiger partial charge in [0.2, 0.25) is 0 Å². The van der Waals surface area contributed by atoms with E-state index in [4.69, 9.17) is 10.0 Å². The van der Waals surface area contributed by atoms with Crippen molar-refractivity contribution in [2.24, 2.45) is 0 Å². The Hall–Kier alpha value is -1.40. The average molecular weight is 177 g/mol. The first-order valence-electron chi connectivity index (χ1n) is 3.85. The van der Waals surface area contributed by atoms with E-state index in [0.29, 0.717) is 11.1 Å². The maximum Gasteiger partial charge on any atom is 0.490 e. The summed E-state index contributed by atoms with van der Waals surface area (Å²) in [6.45, 7) is 1.85. The Kier molecular flexibility index (Phi) is 1.79. The Morgan fingerprint density at radius 3 is 2.92 bits per heavy atom. The van der Waals surface area contributed by atoms with E-state index >= 15 is 0 Å². The first kappa shape index (κ1) is 8.21. The number of hydrogen-bond donors (Lipinski definition) is 3. The van der Waals surface area contributed by atoms with Crippen LogP contribution in [-0.4, -0.2) is 32.3 Å². The lowest BCUT2D eigenvalue weighted by atomic mass is 9.81. The standard InChI is InChI=1S/C7H8BN3O2/c1-4-6-2-5(8(12)13)3-9-7(6)11-10-4/h2-3,12-13H,1H3,(H,9,10,11). The molecule has 0 fully saturated rings. The van der Waals surface area contributed by atoms with Crippen LogP contribution >= 0.6 is 0 Å². The summed E-state index contributed by atoms with van der Waals surface area (Å²) in [7, 11) is -1.48. The van der Waals surface area contributed by atoms with Gasteiger partial charge in [-0.1, -0.05) is 0 Å². The summed E-state index contributed by atoms with van der Waals surface area (Å²) in [6.07, 6.45) is 1.40. The number of aromatic nitrogens is 3. The molecule has 5 nitrogen and oxygen atoms in total. The molecule has 0 atom stereocenters. The van der Waals surface area contributed by atoms with E-state index in [9.17, 15) is 0 Å². The van der Waals surface area contributed by atoms with Gasteiger partial charge in [-0.05, 0) is 13.0 Å². The summed E-state index contributed by atoms with van der Waals surface area (Å²) in [5.41, 5.74) is 1.82. The van der Waals surface area contributed by atoms with E-state index in [-0.39, 0.29) is 0 Å². The SMILES string of the molecule is Cc1[nH]nc2ncc(B(O)O)cc12. The van der Waals surface area contributed by atoms with Crippen LogP contribution in [0.4, 0.5) is 0 Å². The average Bonchev–Trinajstić information content (AvgIpc) is 2.47. The van der Waals surface area contributed by atoms with E-state index < -0.39 is 7.12 Å². The van der Waals surface area contributed by atoms with Gasteiger partial charge in [-0.2, -0.15) is 5.10 Å². The molecule has 0 unspecified atom stereocenters. The van der Waals surface area contributed by atoms with Crippen LogP contribution in [0.15, 0.2) is 12.3 Å². The van der Waals surface area contributed by atoms with Gasteiger partial charge in [0.1, 0.15) is 0 Å². The molecule has 13 heavy (non-hydrogen) atoms. The predicted octanol–water partition coefficient (Wildman–Crippen LogP) is -1.05. The maximum absolute atomic E-state index is 8.90. The Bertz CT molecular complexity index is 440. The number of fused-ring (bicyclic) bond motifs is 1. The van der Waals surface area contributed by atoms with Crippen molar-refractivity contribution in [3.05, 3.63) is 18.0 Å². The molecule has 2 rings (SSSR count). The van der Waals surface area contributed by atoms with E-state index in [1.165, 1.54) is 6.20 Å². The van der Waals surface area contributed by atoms with Gasteiger partial charge in [-0.3, -0.25) is 5.10 Å². The molecule has 0 spiro atoms. The van der Waals surface area contributed by atoms with Crippen LogP contribution in [0.25, 0.3) is 11.0 Å². The van der Waals surface area contributed by atoms with E-state index in [0.717, 1.165) is 11.1 Å².